The number of fused-ring (bicyclic) bond motifs is 1. The van der Waals surface area contributed by atoms with Crippen LogP contribution in [0.3, 0.4) is 0 Å². The Labute approximate surface area is 198 Å². The zero-order chi connectivity index (χ0) is 23.5. The molecule has 4 N–H and O–H groups in total. The standard InChI is InChI=1S/C28H28N2O4/c29-14-19-4-3-6-20(10-19)22-11-24-23(16-33-26-7-2-1-5-21(26)13-27(31)32)17-34-28(24)25(12-22)30-15-18-8-9-18/h1-7,10-12,17-18,30H,8-9,13-16,29H2,(H,31,32). The largest absolute Gasteiger partial charge is 0.488 e. The lowest BCUT2D eigenvalue weighted by atomic mass is 9.99. The van der Waals surface area contributed by atoms with Gasteiger partial charge in [-0.05, 0) is 59.7 Å². The average Bonchev–Trinajstić information content (AvgIpc) is 3.59. The molecule has 0 radical (unpaired) electrons. The van der Waals surface area contributed by atoms with Crippen LogP contribution in [0.25, 0.3) is 22.1 Å². The molecular weight excluding hydrogens is 428 g/mol. The first-order chi connectivity index (χ1) is 16.6. The fraction of sp³-hybridized carbons (Fsp3) is 0.250. The van der Waals surface area contributed by atoms with Crippen molar-refractivity contribution in [3.8, 4) is 16.9 Å². The topological polar surface area (TPSA) is 97.7 Å². The molecule has 0 aliphatic heterocycles. The molecule has 1 aliphatic carbocycles. The van der Waals surface area contributed by atoms with E-state index in [1.54, 1.807) is 18.4 Å². The second-order valence-electron chi connectivity index (χ2n) is 8.86. The van der Waals surface area contributed by atoms with Gasteiger partial charge in [-0.1, -0.05) is 36.4 Å². The van der Waals surface area contributed by atoms with Crippen molar-refractivity contribution in [2.24, 2.45) is 11.7 Å². The van der Waals surface area contributed by atoms with Crippen LogP contribution < -0.4 is 15.8 Å². The van der Waals surface area contributed by atoms with Crippen molar-refractivity contribution in [3.63, 3.8) is 0 Å². The predicted molar refractivity (Wildman–Crippen MR) is 133 cm³/mol. The fourth-order valence-corrected chi connectivity index (χ4v) is 4.16. The Hall–Kier alpha value is -3.77. The van der Waals surface area contributed by atoms with Gasteiger partial charge in [0.05, 0.1) is 18.4 Å². The molecule has 0 atom stereocenters. The van der Waals surface area contributed by atoms with Crippen LogP contribution in [0.15, 0.2) is 71.3 Å². The van der Waals surface area contributed by atoms with Gasteiger partial charge in [0.15, 0.2) is 5.58 Å². The van der Waals surface area contributed by atoms with Crippen LogP contribution >= 0.6 is 0 Å². The van der Waals surface area contributed by atoms with Crippen molar-refractivity contribution >= 4 is 22.6 Å². The number of aliphatic carboxylic acids is 1. The van der Waals surface area contributed by atoms with Gasteiger partial charge in [0, 0.05) is 29.6 Å². The van der Waals surface area contributed by atoms with Crippen molar-refractivity contribution < 1.29 is 19.1 Å². The minimum atomic E-state index is -0.888. The number of furan rings is 1. The van der Waals surface area contributed by atoms with Crippen LogP contribution in [-0.2, 0) is 24.4 Å². The summed E-state index contributed by atoms with van der Waals surface area (Å²) >= 11 is 0. The summed E-state index contributed by atoms with van der Waals surface area (Å²) in [6.45, 7) is 1.69. The molecule has 0 spiro atoms. The molecular formula is C28H28N2O4. The Kier molecular flexibility index (Phi) is 6.23. The molecule has 0 unspecified atom stereocenters. The number of hydrogen-bond donors (Lipinski definition) is 3. The molecule has 174 valence electrons. The summed E-state index contributed by atoms with van der Waals surface area (Å²) < 4.78 is 12.1. The number of para-hydroxylation sites is 1. The summed E-state index contributed by atoms with van der Waals surface area (Å²) in [7, 11) is 0. The SMILES string of the molecule is NCc1cccc(-c2cc(NCC3CC3)c3occ(COc4ccccc4CC(=O)O)c3c2)c1. The number of carboxylic acid groups (broad SMARTS) is 1. The number of benzene rings is 3. The number of ether oxygens (including phenoxy) is 1. The summed E-state index contributed by atoms with van der Waals surface area (Å²) in [6.07, 6.45) is 4.18. The van der Waals surface area contributed by atoms with E-state index in [0.29, 0.717) is 17.9 Å². The van der Waals surface area contributed by atoms with Crippen molar-refractivity contribution in [2.75, 3.05) is 11.9 Å². The highest BCUT2D eigenvalue weighted by Crippen LogP contribution is 2.36. The monoisotopic (exact) mass is 456 g/mol. The van der Waals surface area contributed by atoms with Crippen molar-refractivity contribution in [3.05, 3.63) is 83.6 Å². The molecule has 1 aliphatic rings. The number of hydrogen-bond acceptors (Lipinski definition) is 5. The van der Waals surface area contributed by atoms with Crippen LogP contribution in [0.4, 0.5) is 5.69 Å². The van der Waals surface area contributed by atoms with E-state index < -0.39 is 5.97 Å². The smallest absolute Gasteiger partial charge is 0.307 e. The first kappa shape index (κ1) is 22.0. The first-order valence-corrected chi connectivity index (χ1v) is 11.6. The van der Waals surface area contributed by atoms with Gasteiger partial charge >= 0.3 is 5.97 Å². The van der Waals surface area contributed by atoms with Gasteiger partial charge < -0.3 is 25.3 Å². The number of nitrogens with one attached hydrogen (secondary N) is 1. The number of carbonyl (C=O) groups is 1. The zero-order valence-corrected chi connectivity index (χ0v) is 18.9. The van der Waals surface area contributed by atoms with Crippen LogP contribution in [-0.4, -0.2) is 17.6 Å². The van der Waals surface area contributed by atoms with E-state index in [0.717, 1.165) is 51.4 Å². The Morgan fingerprint density at radius 1 is 1.06 bits per heavy atom. The molecule has 3 aromatic carbocycles. The Balaban J connectivity index is 1.49. The summed E-state index contributed by atoms with van der Waals surface area (Å²) in [5, 5.41) is 13.8. The van der Waals surface area contributed by atoms with Crippen molar-refractivity contribution in [2.45, 2.75) is 32.4 Å². The summed E-state index contributed by atoms with van der Waals surface area (Å²) in [4.78, 5) is 11.2. The van der Waals surface area contributed by atoms with Gasteiger partial charge in [-0.2, -0.15) is 0 Å². The maximum atomic E-state index is 11.2. The maximum Gasteiger partial charge on any atom is 0.307 e. The lowest BCUT2D eigenvalue weighted by molar-refractivity contribution is -0.136. The molecule has 0 bridgehead atoms. The highest BCUT2D eigenvalue weighted by Gasteiger charge is 2.22. The van der Waals surface area contributed by atoms with Crippen LogP contribution in [0.2, 0.25) is 0 Å². The second-order valence-corrected chi connectivity index (χ2v) is 8.86. The van der Waals surface area contributed by atoms with Gasteiger partial charge in [-0.15, -0.1) is 0 Å². The summed E-state index contributed by atoms with van der Waals surface area (Å²) in [5.74, 6) is 0.404. The van der Waals surface area contributed by atoms with Gasteiger partial charge in [-0.3, -0.25) is 4.79 Å². The average molecular weight is 457 g/mol. The quantitative estimate of drug-likeness (QED) is 0.288. The normalized spacial score (nSPS) is 13.2. The molecule has 6 heteroatoms. The molecule has 34 heavy (non-hydrogen) atoms. The third-order valence-electron chi connectivity index (χ3n) is 6.23. The van der Waals surface area contributed by atoms with E-state index in [-0.39, 0.29) is 13.0 Å². The second kappa shape index (κ2) is 9.61. The van der Waals surface area contributed by atoms with Crippen LogP contribution in [0.1, 0.15) is 29.5 Å². The fourth-order valence-electron chi connectivity index (χ4n) is 4.16. The number of carboxylic acids is 1. The summed E-state index contributed by atoms with van der Waals surface area (Å²) in [5.41, 5.74) is 12.5. The number of anilines is 1. The van der Waals surface area contributed by atoms with Crippen LogP contribution in [0.5, 0.6) is 5.75 Å². The molecule has 1 fully saturated rings. The minimum Gasteiger partial charge on any atom is -0.488 e. The van der Waals surface area contributed by atoms with E-state index >= 15 is 0 Å². The first-order valence-electron chi connectivity index (χ1n) is 11.6. The lowest BCUT2D eigenvalue weighted by Gasteiger charge is -2.12. The lowest BCUT2D eigenvalue weighted by Crippen LogP contribution is -2.04. The Morgan fingerprint density at radius 3 is 2.71 bits per heavy atom. The van der Waals surface area contributed by atoms with E-state index in [1.807, 2.05) is 24.3 Å². The third kappa shape index (κ3) is 4.92. The van der Waals surface area contributed by atoms with Gasteiger partial charge in [0.25, 0.3) is 0 Å². The van der Waals surface area contributed by atoms with E-state index in [1.165, 1.54) is 12.8 Å². The molecule has 4 aromatic rings. The van der Waals surface area contributed by atoms with E-state index in [4.69, 9.17) is 14.9 Å². The van der Waals surface area contributed by atoms with Gasteiger partial charge in [0.1, 0.15) is 12.4 Å². The van der Waals surface area contributed by atoms with Crippen molar-refractivity contribution in [1.29, 1.82) is 0 Å². The molecule has 1 aromatic heterocycles. The molecule has 1 saturated carbocycles. The Bertz CT molecular complexity index is 1320. The minimum absolute atomic E-state index is 0.0842. The number of nitrogens with two attached hydrogens (primary N) is 1. The number of rotatable bonds is 10. The Morgan fingerprint density at radius 2 is 1.91 bits per heavy atom. The van der Waals surface area contributed by atoms with Gasteiger partial charge in [-0.25, -0.2) is 0 Å². The highest BCUT2D eigenvalue weighted by atomic mass is 16.5. The molecule has 6 nitrogen and oxygen atoms in total. The maximum absolute atomic E-state index is 11.2. The third-order valence-corrected chi connectivity index (χ3v) is 6.23. The molecule has 5 rings (SSSR count). The van der Waals surface area contributed by atoms with Crippen molar-refractivity contribution in [1.82, 2.24) is 0 Å². The molecule has 0 amide bonds. The predicted octanol–water partition coefficient (Wildman–Crippen LogP) is 5.59. The van der Waals surface area contributed by atoms with Gasteiger partial charge in [0.2, 0.25) is 0 Å². The van der Waals surface area contributed by atoms with Crippen LogP contribution in [0, 0.1) is 5.92 Å². The zero-order valence-electron chi connectivity index (χ0n) is 18.9. The molecule has 0 saturated heterocycles. The van der Waals surface area contributed by atoms with E-state index in [2.05, 4.69) is 29.6 Å². The van der Waals surface area contributed by atoms with E-state index in [9.17, 15) is 9.90 Å². The molecule has 1 heterocycles. The highest BCUT2D eigenvalue weighted by molar-refractivity contribution is 5.96. The summed E-state index contributed by atoms with van der Waals surface area (Å²) in [6, 6.07) is 19.8.